The van der Waals surface area contributed by atoms with Crippen LogP contribution in [0.2, 0.25) is 0 Å². The lowest BCUT2D eigenvalue weighted by atomic mass is 9.96. The number of hydrogen-bond donors (Lipinski definition) is 2. The molecule has 0 aliphatic heterocycles. The number of ketones is 1. The number of hydrogen-bond acceptors (Lipinski definition) is 5. The van der Waals surface area contributed by atoms with Gasteiger partial charge in [0.25, 0.3) is 0 Å². The van der Waals surface area contributed by atoms with E-state index in [2.05, 4.69) is 11.9 Å². The molecule has 5 nitrogen and oxygen atoms in total. The van der Waals surface area contributed by atoms with E-state index < -0.39 is 17.3 Å². The van der Waals surface area contributed by atoms with Gasteiger partial charge < -0.3 is 19.9 Å². The van der Waals surface area contributed by atoms with Gasteiger partial charge in [0.2, 0.25) is 0 Å². The summed E-state index contributed by atoms with van der Waals surface area (Å²) in [7, 11) is 0. The third kappa shape index (κ3) is 10.1. The van der Waals surface area contributed by atoms with E-state index in [1.165, 1.54) is 44.9 Å². The summed E-state index contributed by atoms with van der Waals surface area (Å²) in [5, 5.41) is 13.8. The molecule has 1 unspecified atom stereocenters. The summed E-state index contributed by atoms with van der Waals surface area (Å²) in [6.07, 6.45) is 9.10. The van der Waals surface area contributed by atoms with Gasteiger partial charge in [-0.2, -0.15) is 0 Å². The topological polar surface area (TPSA) is 67.8 Å². The highest BCUT2D eigenvalue weighted by Crippen LogP contribution is 2.20. The Bertz CT molecular complexity index is 479. The van der Waals surface area contributed by atoms with Crippen molar-refractivity contribution in [1.29, 1.82) is 0 Å². The van der Waals surface area contributed by atoms with Crippen LogP contribution in [-0.4, -0.2) is 54.0 Å². The molecule has 1 aliphatic rings. The third-order valence-corrected chi connectivity index (χ3v) is 5.52. The number of rotatable bonds is 12. The van der Waals surface area contributed by atoms with Crippen molar-refractivity contribution < 1.29 is 19.4 Å². The minimum atomic E-state index is -0.872. The molecule has 5 heteroatoms. The SMILES string of the molecule is C=C(C)C(=O)C(C)(C)OCCC(C)(C)OCC(O)CNC1CCCCCCC1. The molecule has 1 aliphatic carbocycles. The van der Waals surface area contributed by atoms with E-state index in [1.807, 2.05) is 13.8 Å². The van der Waals surface area contributed by atoms with E-state index in [9.17, 15) is 9.90 Å². The van der Waals surface area contributed by atoms with Crippen LogP contribution in [0.1, 0.15) is 86.0 Å². The maximum absolute atomic E-state index is 12.1. The quantitative estimate of drug-likeness (QED) is 0.484. The zero-order valence-corrected chi connectivity index (χ0v) is 18.8. The van der Waals surface area contributed by atoms with Gasteiger partial charge in [-0.25, -0.2) is 0 Å². The third-order valence-electron chi connectivity index (χ3n) is 5.52. The predicted molar refractivity (Wildman–Crippen MR) is 115 cm³/mol. The van der Waals surface area contributed by atoms with Crippen LogP contribution in [0.15, 0.2) is 12.2 Å². The molecule has 0 amide bonds. The second-order valence-electron chi connectivity index (χ2n) is 9.39. The van der Waals surface area contributed by atoms with E-state index in [4.69, 9.17) is 9.47 Å². The highest BCUT2D eigenvalue weighted by atomic mass is 16.5. The lowest BCUT2D eigenvalue weighted by Crippen LogP contribution is -2.40. The molecule has 164 valence electrons. The van der Waals surface area contributed by atoms with E-state index in [1.54, 1.807) is 20.8 Å². The second-order valence-corrected chi connectivity index (χ2v) is 9.39. The van der Waals surface area contributed by atoms with Gasteiger partial charge in [0.1, 0.15) is 5.60 Å². The van der Waals surface area contributed by atoms with Gasteiger partial charge in [0.05, 0.1) is 24.9 Å². The fraction of sp³-hybridized carbons (Fsp3) is 0.870. The van der Waals surface area contributed by atoms with Crippen molar-refractivity contribution in [1.82, 2.24) is 5.32 Å². The molecule has 1 atom stereocenters. The van der Waals surface area contributed by atoms with Crippen LogP contribution in [0.5, 0.6) is 0 Å². The number of nitrogens with one attached hydrogen (secondary N) is 1. The Hall–Kier alpha value is -0.750. The van der Waals surface area contributed by atoms with Gasteiger partial charge in [-0.05, 0) is 59.5 Å². The van der Waals surface area contributed by atoms with E-state index >= 15 is 0 Å². The molecular weight excluding hydrogens is 354 g/mol. The Morgan fingerprint density at radius 1 is 1.11 bits per heavy atom. The first-order valence-electron chi connectivity index (χ1n) is 10.9. The molecule has 1 rings (SSSR count). The van der Waals surface area contributed by atoms with Crippen molar-refractivity contribution >= 4 is 5.78 Å². The maximum atomic E-state index is 12.1. The lowest BCUT2D eigenvalue weighted by molar-refractivity contribution is -0.139. The molecule has 0 aromatic heterocycles. The molecule has 0 bridgehead atoms. The standard InChI is InChI=1S/C23H43NO4/c1-18(2)21(26)23(5,6)27-15-14-22(3,4)28-17-20(25)16-24-19-12-10-8-7-9-11-13-19/h19-20,24-25H,1,7-17H2,2-6H3. The van der Waals surface area contributed by atoms with Crippen molar-refractivity contribution in [2.24, 2.45) is 0 Å². The van der Waals surface area contributed by atoms with Crippen molar-refractivity contribution in [3.63, 3.8) is 0 Å². The summed E-state index contributed by atoms with van der Waals surface area (Å²) in [5.74, 6) is -0.0815. The Morgan fingerprint density at radius 3 is 2.25 bits per heavy atom. The molecule has 0 heterocycles. The zero-order valence-electron chi connectivity index (χ0n) is 18.8. The largest absolute Gasteiger partial charge is 0.389 e. The highest BCUT2D eigenvalue weighted by Gasteiger charge is 2.30. The molecule has 0 aromatic carbocycles. The fourth-order valence-electron chi connectivity index (χ4n) is 3.55. The average Bonchev–Trinajstić information content (AvgIpc) is 2.58. The monoisotopic (exact) mass is 397 g/mol. The minimum Gasteiger partial charge on any atom is -0.389 e. The first kappa shape index (κ1) is 25.3. The molecule has 28 heavy (non-hydrogen) atoms. The minimum absolute atomic E-state index is 0.0815. The molecule has 0 saturated heterocycles. The summed E-state index contributed by atoms with van der Waals surface area (Å²) in [4.78, 5) is 12.1. The van der Waals surface area contributed by atoms with Gasteiger partial charge in [-0.3, -0.25) is 4.79 Å². The van der Waals surface area contributed by atoms with Crippen molar-refractivity contribution in [3.05, 3.63) is 12.2 Å². The highest BCUT2D eigenvalue weighted by molar-refractivity contribution is 6.00. The summed E-state index contributed by atoms with van der Waals surface area (Å²) in [6.45, 7) is 14.2. The normalized spacial score (nSPS) is 18.4. The van der Waals surface area contributed by atoms with Gasteiger partial charge in [-0.15, -0.1) is 0 Å². The Morgan fingerprint density at radius 2 is 1.68 bits per heavy atom. The first-order valence-corrected chi connectivity index (χ1v) is 10.9. The summed E-state index contributed by atoms with van der Waals surface area (Å²) < 4.78 is 11.7. The smallest absolute Gasteiger partial charge is 0.189 e. The zero-order chi connectivity index (χ0) is 21.2. The Labute approximate surface area is 172 Å². The number of carbonyl (C=O) groups excluding carboxylic acids is 1. The maximum Gasteiger partial charge on any atom is 0.189 e. The summed E-state index contributed by atoms with van der Waals surface area (Å²) in [5.41, 5.74) is -0.799. The van der Waals surface area contributed by atoms with Gasteiger partial charge in [0.15, 0.2) is 5.78 Å². The second kappa shape index (κ2) is 12.1. The molecule has 0 spiro atoms. The summed E-state index contributed by atoms with van der Waals surface area (Å²) in [6, 6.07) is 0.518. The van der Waals surface area contributed by atoms with Gasteiger partial charge >= 0.3 is 0 Å². The number of ether oxygens (including phenoxy) is 2. The average molecular weight is 398 g/mol. The van der Waals surface area contributed by atoms with Crippen molar-refractivity contribution in [2.75, 3.05) is 19.8 Å². The molecule has 2 N–H and O–H groups in total. The molecule has 0 radical (unpaired) electrons. The van der Waals surface area contributed by atoms with Crippen LogP contribution in [-0.2, 0) is 14.3 Å². The Balaban J connectivity index is 2.27. The van der Waals surface area contributed by atoms with Crippen molar-refractivity contribution in [2.45, 2.75) is 109 Å². The van der Waals surface area contributed by atoms with Crippen LogP contribution in [0.25, 0.3) is 0 Å². The van der Waals surface area contributed by atoms with E-state index in [0.29, 0.717) is 37.8 Å². The van der Waals surface area contributed by atoms with Crippen LogP contribution in [0, 0.1) is 0 Å². The van der Waals surface area contributed by atoms with Crippen molar-refractivity contribution in [3.8, 4) is 0 Å². The molecule has 1 fully saturated rings. The van der Waals surface area contributed by atoms with E-state index in [0.717, 1.165) is 0 Å². The summed E-state index contributed by atoms with van der Waals surface area (Å²) >= 11 is 0. The van der Waals surface area contributed by atoms with Crippen LogP contribution in [0.4, 0.5) is 0 Å². The fourth-order valence-corrected chi connectivity index (χ4v) is 3.55. The first-order chi connectivity index (χ1) is 13.0. The molecule has 1 saturated carbocycles. The number of Topliss-reactive ketones (excluding diaryl/α,β-unsaturated/α-hetero) is 1. The van der Waals surface area contributed by atoms with Crippen LogP contribution >= 0.6 is 0 Å². The van der Waals surface area contributed by atoms with Crippen LogP contribution in [0.3, 0.4) is 0 Å². The molecular formula is C23H43NO4. The molecule has 0 aromatic rings. The number of aliphatic hydroxyl groups is 1. The Kier molecular flexibility index (Phi) is 10.9. The van der Waals surface area contributed by atoms with Gasteiger partial charge in [-0.1, -0.05) is 38.7 Å². The lowest BCUT2D eigenvalue weighted by Gasteiger charge is -2.30. The van der Waals surface area contributed by atoms with E-state index in [-0.39, 0.29) is 5.78 Å². The van der Waals surface area contributed by atoms with Crippen LogP contribution < -0.4 is 5.32 Å². The number of carbonyl (C=O) groups is 1. The predicted octanol–water partition coefficient (Wildman–Crippen LogP) is 4.18. The number of aliphatic hydroxyl groups excluding tert-OH is 1. The van der Waals surface area contributed by atoms with Gasteiger partial charge in [0, 0.05) is 12.6 Å².